The molecule has 3 N–H and O–H groups in total. The van der Waals surface area contributed by atoms with Crippen LogP contribution in [-0.4, -0.2) is 49.2 Å². The molecule has 1 amide bonds. The number of alkyl halides is 3. The second-order valence-electron chi connectivity index (χ2n) is 4.87. The van der Waals surface area contributed by atoms with Crippen molar-refractivity contribution in [2.45, 2.75) is 32.0 Å². The molecule has 2 atom stereocenters. The number of carbonyl (C=O) groups excluding carboxylic acids is 1. The highest BCUT2D eigenvalue weighted by Gasteiger charge is 2.36. The molecule has 0 bridgehead atoms. The van der Waals surface area contributed by atoms with Crippen LogP contribution in [0.2, 0.25) is 0 Å². The number of piperidine rings is 1. The molecule has 0 aliphatic carbocycles. The predicted octanol–water partition coefficient (Wildman–Crippen LogP) is 0.724. The van der Waals surface area contributed by atoms with Crippen molar-refractivity contribution in [3.8, 4) is 0 Å². The number of halogens is 3. The van der Waals surface area contributed by atoms with Crippen LogP contribution in [0.1, 0.15) is 19.8 Å². The summed E-state index contributed by atoms with van der Waals surface area (Å²) >= 11 is 0. The highest BCUT2D eigenvalue weighted by Crippen LogP contribution is 2.30. The van der Waals surface area contributed by atoms with Crippen molar-refractivity contribution in [2.75, 3.05) is 26.2 Å². The van der Waals surface area contributed by atoms with E-state index in [4.69, 9.17) is 5.73 Å². The van der Waals surface area contributed by atoms with Crippen LogP contribution in [0.5, 0.6) is 0 Å². The largest absolute Gasteiger partial charge is 0.389 e. The Bertz CT molecular complexity index is 283. The summed E-state index contributed by atoms with van der Waals surface area (Å²) in [4.78, 5) is 12.9. The molecular formula is C11H20F3N3O. The maximum atomic E-state index is 12.4. The van der Waals surface area contributed by atoms with Gasteiger partial charge in [-0.25, -0.2) is 0 Å². The van der Waals surface area contributed by atoms with Crippen LogP contribution in [0.15, 0.2) is 0 Å². The Morgan fingerprint density at radius 1 is 1.44 bits per heavy atom. The van der Waals surface area contributed by atoms with Gasteiger partial charge in [0.2, 0.25) is 5.91 Å². The normalized spacial score (nSPS) is 26.1. The number of nitrogens with one attached hydrogen (secondary N) is 1. The SMILES string of the molecule is CC(=O)NC1CC(CC(F)(F)F)CN(CCN)C1. The van der Waals surface area contributed by atoms with Gasteiger partial charge in [0.1, 0.15) is 0 Å². The van der Waals surface area contributed by atoms with Crippen LogP contribution in [-0.2, 0) is 4.79 Å². The Kier molecular flexibility index (Phi) is 5.40. The fraction of sp³-hybridized carbons (Fsp3) is 0.909. The standard InChI is InChI=1S/C11H20F3N3O/c1-8(18)16-10-4-9(5-11(12,13)14)6-17(7-10)3-2-15/h9-10H,2-7,15H2,1H3,(H,16,18). The van der Waals surface area contributed by atoms with Gasteiger partial charge in [0, 0.05) is 45.6 Å². The van der Waals surface area contributed by atoms with E-state index in [-0.39, 0.29) is 11.9 Å². The smallest absolute Gasteiger partial charge is 0.352 e. The Hall–Kier alpha value is -0.820. The minimum atomic E-state index is -4.16. The quantitative estimate of drug-likeness (QED) is 0.789. The molecule has 1 aliphatic heterocycles. The molecule has 2 unspecified atom stereocenters. The molecule has 7 heteroatoms. The first-order chi connectivity index (χ1) is 8.30. The first-order valence-corrected chi connectivity index (χ1v) is 6.06. The van der Waals surface area contributed by atoms with E-state index >= 15 is 0 Å². The Labute approximate surface area is 105 Å². The average molecular weight is 267 g/mol. The zero-order valence-electron chi connectivity index (χ0n) is 10.5. The summed E-state index contributed by atoms with van der Waals surface area (Å²) in [7, 11) is 0. The minimum absolute atomic E-state index is 0.208. The number of rotatable bonds is 4. The fourth-order valence-electron chi connectivity index (χ4n) is 2.54. The highest BCUT2D eigenvalue weighted by molar-refractivity contribution is 5.73. The van der Waals surface area contributed by atoms with E-state index in [1.807, 2.05) is 4.90 Å². The molecule has 0 aromatic carbocycles. The molecule has 1 fully saturated rings. The van der Waals surface area contributed by atoms with Crippen molar-refractivity contribution in [3.63, 3.8) is 0 Å². The third-order valence-electron chi connectivity index (χ3n) is 2.99. The van der Waals surface area contributed by atoms with Crippen molar-refractivity contribution in [2.24, 2.45) is 11.7 Å². The number of nitrogens with two attached hydrogens (primary N) is 1. The lowest BCUT2D eigenvalue weighted by atomic mass is 9.91. The van der Waals surface area contributed by atoms with E-state index in [2.05, 4.69) is 5.32 Å². The maximum Gasteiger partial charge on any atom is 0.389 e. The second kappa shape index (κ2) is 6.38. The van der Waals surface area contributed by atoms with Gasteiger partial charge >= 0.3 is 6.18 Å². The Balaban J connectivity index is 2.58. The molecule has 0 aromatic heterocycles. The summed E-state index contributed by atoms with van der Waals surface area (Å²) in [6.45, 7) is 3.31. The number of nitrogens with zero attached hydrogens (tertiary/aromatic N) is 1. The van der Waals surface area contributed by atoms with Gasteiger partial charge in [-0.1, -0.05) is 0 Å². The topological polar surface area (TPSA) is 58.4 Å². The maximum absolute atomic E-state index is 12.4. The first-order valence-electron chi connectivity index (χ1n) is 6.06. The number of likely N-dealkylation sites (tertiary alicyclic amines) is 1. The van der Waals surface area contributed by atoms with Crippen molar-refractivity contribution in [1.29, 1.82) is 0 Å². The van der Waals surface area contributed by atoms with Crippen LogP contribution in [0.4, 0.5) is 13.2 Å². The number of hydrogen-bond donors (Lipinski definition) is 2. The number of carbonyl (C=O) groups is 1. The molecule has 1 aliphatic rings. The van der Waals surface area contributed by atoms with Crippen LogP contribution >= 0.6 is 0 Å². The van der Waals surface area contributed by atoms with Crippen molar-refractivity contribution >= 4 is 5.91 Å². The van der Waals surface area contributed by atoms with E-state index in [0.29, 0.717) is 32.6 Å². The van der Waals surface area contributed by atoms with E-state index < -0.39 is 18.5 Å². The van der Waals surface area contributed by atoms with Gasteiger partial charge in [-0.3, -0.25) is 9.69 Å². The molecule has 0 spiro atoms. The summed E-state index contributed by atoms with van der Waals surface area (Å²) in [5.74, 6) is -0.678. The van der Waals surface area contributed by atoms with E-state index in [1.165, 1.54) is 6.92 Å². The summed E-state index contributed by atoms with van der Waals surface area (Å²) in [6.07, 6.45) is -4.58. The van der Waals surface area contributed by atoms with Crippen molar-refractivity contribution in [3.05, 3.63) is 0 Å². The zero-order valence-corrected chi connectivity index (χ0v) is 10.5. The summed E-state index contributed by atoms with van der Waals surface area (Å²) < 4.78 is 37.2. The molecule has 18 heavy (non-hydrogen) atoms. The van der Waals surface area contributed by atoms with Gasteiger partial charge in [-0.2, -0.15) is 13.2 Å². The number of amides is 1. The third kappa shape index (κ3) is 5.68. The van der Waals surface area contributed by atoms with Crippen LogP contribution in [0, 0.1) is 5.92 Å². The summed E-state index contributed by atoms with van der Waals surface area (Å²) in [5.41, 5.74) is 5.43. The average Bonchev–Trinajstić information content (AvgIpc) is 2.12. The Morgan fingerprint density at radius 2 is 2.11 bits per heavy atom. The third-order valence-corrected chi connectivity index (χ3v) is 2.99. The molecule has 0 radical (unpaired) electrons. The molecule has 106 valence electrons. The molecule has 1 saturated heterocycles. The molecular weight excluding hydrogens is 247 g/mol. The first kappa shape index (κ1) is 15.2. The zero-order chi connectivity index (χ0) is 13.8. The van der Waals surface area contributed by atoms with E-state index in [1.54, 1.807) is 0 Å². The lowest BCUT2D eigenvalue weighted by Crippen LogP contribution is -2.52. The molecule has 0 aromatic rings. The minimum Gasteiger partial charge on any atom is -0.352 e. The lowest BCUT2D eigenvalue weighted by molar-refractivity contribution is -0.149. The van der Waals surface area contributed by atoms with Gasteiger partial charge in [0.15, 0.2) is 0 Å². The van der Waals surface area contributed by atoms with Crippen LogP contribution in [0.3, 0.4) is 0 Å². The Morgan fingerprint density at radius 3 is 2.61 bits per heavy atom. The molecule has 4 nitrogen and oxygen atoms in total. The predicted molar refractivity (Wildman–Crippen MR) is 61.9 cm³/mol. The highest BCUT2D eigenvalue weighted by atomic mass is 19.4. The van der Waals surface area contributed by atoms with Gasteiger partial charge in [0.25, 0.3) is 0 Å². The monoisotopic (exact) mass is 267 g/mol. The number of hydrogen-bond acceptors (Lipinski definition) is 3. The van der Waals surface area contributed by atoms with E-state index in [0.717, 1.165) is 0 Å². The van der Waals surface area contributed by atoms with Gasteiger partial charge in [0.05, 0.1) is 0 Å². The molecule has 1 rings (SSSR count). The molecule has 0 saturated carbocycles. The van der Waals surface area contributed by atoms with Crippen molar-refractivity contribution < 1.29 is 18.0 Å². The van der Waals surface area contributed by atoms with Gasteiger partial charge < -0.3 is 11.1 Å². The second-order valence-corrected chi connectivity index (χ2v) is 4.87. The lowest BCUT2D eigenvalue weighted by Gasteiger charge is -2.38. The summed E-state index contributed by atoms with van der Waals surface area (Å²) in [5, 5.41) is 2.70. The van der Waals surface area contributed by atoms with Gasteiger partial charge in [-0.05, 0) is 12.3 Å². The van der Waals surface area contributed by atoms with Crippen molar-refractivity contribution in [1.82, 2.24) is 10.2 Å². The van der Waals surface area contributed by atoms with Gasteiger partial charge in [-0.15, -0.1) is 0 Å². The molecule has 1 heterocycles. The summed E-state index contributed by atoms with van der Waals surface area (Å²) in [6, 6.07) is -0.213. The van der Waals surface area contributed by atoms with Crippen LogP contribution < -0.4 is 11.1 Å². The van der Waals surface area contributed by atoms with E-state index in [9.17, 15) is 18.0 Å². The van der Waals surface area contributed by atoms with Crippen LogP contribution in [0.25, 0.3) is 0 Å². The fourth-order valence-corrected chi connectivity index (χ4v) is 2.54.